The zero-order chi connectivity index (χ0) is 21.2. The number of aromatic nitrogens is 3. The summed E-state index contributed by atoms with van der Waals surface area (Å²) in [4.78, 5) is 12.3. The summed E-state index contributed by atoms with van der Waals surface area (Å²) in [5.41, 5.74) is 5.70. The first-order valence-corrected chi connectivity index (χ1v) is 10.7. The summed E-state index contributed by atoms with van der Waals surface area (Å²) in [6.07, 6.45) is 9.48. The van der Waals surface area contributed by atoms with Crippen LogP contribution in [-0.2, 0) is 11.2 Å². The maximum atomic E-state index is 12.3. The molecule has 1 fully saturated rings. The third-order valence-electron chi connectivity index (χ3n) is 6.27. The molecule has 0 radical (unpaired) electrons. The normalized spacial score (nSPS) is 19.1. The highest BCUT2D eigenvalue weighted by atomic mass is 16.5. The lowest BCUT2D eigenvalue weighted by Gasteiger charge is -2.31. The van der Waals surface area contributed by atoms with Crippen molar-refractivity contribution in [3.63, 3.8) is 0 Å². The topological polar surface area (TPSA) is 69.0 Å². The van der Waals surface area contributed by atoms with Gasteiger partial charge in [0.2, 0.25) is 0 Å². The second-order valence-electron chi connectivity index (χ2n) is 8.18. The van der Waals surface area contributed by atoms with Crippen molar-refractivity contribution >= 4 is 6.09 Å². The van der Waals surface area contributed by atoms with Crippen LogP contribution in [0.15, 0.2) is 54.7 Å². The van der Waals surface area contributed by atoms with Crippen LogP contribution in [-0.4, -0.2) is 34.2 Å². The molecule has 1 aromatic heterocycles. The summed E-state index contributed by atoms with van der Waals surface area (Å²) in [6, 6.07) is 17.0. The molecular formula is C25H24N4O2. The van der Waals surface area contributed by atoms with Gasteiger partial charge in [0.25, 0.3) is 0 Å². The van der Waals surface area contributed by atoms with Gasteiger partial charge in [-0.1, -0.05) is 53.7 Å². The summed E-state index contributed by atoms with van der Waals surface area (Å²) >= 11 is 0. The lowest BCUT2D eigenvalue weighted by Crippen LogP contribution is -2.28. The summed E-state index contributed by atoms with van der Waals surface area (Å²) in [6.45, 7) is 0.765. The van der Waals surface area contributed by atoms with E-state index in [-0.39, 0.29) is 5.92 Å². The molecule has 0 aliphatic heterocycles. The number of amides is 1. The Kier molecular flexibility index (Phi) is 5.17. The summed E-state index contributed by atoms with van der Waals surface area (Å²) in [5.74, 6) is 3.19. The van der Waals surface area contributed by atoms with Crippen molar-refractivity contribution in [3.05, 3.63) is 71.5 Å². The van der Waals surface area contributed by atoms with Crippen LogP contribution in [0.2, 0.25) is 0 Å². The number of hydrogen-bond acceptors (Lipinski definition) is 4. The average molecular weight is 412 g/mol. The van der Waals surface area contributed by atoms with Gasteiger partial charge in [-0.05, 0) is 35.1 Å². The second-order valence-corrected chi connectivity index (χ2v) is 8.18. The SMILES string of the molecule is C#CC1CC(n2cc(CCNC(=O)OCC3c4ccccc4-c4ccccc43)nn2)C1. The predicted octanol–water partition coefficient (Wildman–Crippen LogP) is 3.94. The first kappa shape index (κ1) is 19.4. The molecule has 1 heterocycles. The molecule has 2 aliphatic rings. The molecule has 6 nitrogen and oxygen atoms in total. The fourth-order valence-electron chi connectivity index (χ4n) is 4.49. The third-order valence-corrected chi connectivity index (χ3v) is 6.27. The van der Waals surface area contributed by atoms with Crippen molar-refractivity contribution in [1.82, 2.24) is 20.3 Å². The lowest BCUT2D eigenvalue weighted by atomic mass is 9.81. The van der Waals surface area contributed by atoms with E-state index < -0.39 is 6.09 Å². The molecule has 156 valence electrons. The Hall–Kier alpha value is -3.59. The molecule has 1 N–H and O–H groups in total. The predicted molar refractivity (Wildman–Crippen MR) is 117 cm³/mol. The standard InChI is InChI=1S/C25H24N4O2/c1-2-17-13-19(14-17)29-15-18(27-28-29)11-12-26-25(30)31-16-24-22-9-5-3-7-20(22)21-8-4-6-10-23(21)24/h1,3-10,15,17,19,24H,11-14,16H2,(H,26,30). The highest BCUT2D eigenvalue weighted by Crippen LogP contribution is 2.44. The van der Waals surface area contributed by atoms with E-state index in [0.29, 0.717) is 31.5 Å². The Balaban J connectivity index is 1.12. The molecule has 1 amide bonds. The molecule has 6 heteroatoms. The van der Waals surface area contributed by atoms with Gasteiger partial charge in [-0.3, -0.25) is 0 Å². The zero-order valence-corrected chi connectivity index (χ0v) is 17.2. The van der Waals surface area contributed by atoms with Crippen molar-refractivity contribution in [3.8, 4) is 23.5 Å². The number of benzene rings is 2. The van der Waals surface area contributed by atoms with E-state index in [4.69, 9.17) is 11.2 Å². The van der Waals surface area contributed by atoms with Crippen molar-refractivity contribution in [2.24, 2.45) is 5.92 Å². The number of nitrogens with one attached hydrogen (secondary N) is 1. The van der Waals surface area contributed by atoms with Gasteiger partial charge in [-0.15, -0.1) is 17.4 Å². The average Bonchev–Trinajstić information content (AvgIpc) is 3.34. The van der Waals surface area contributed by atoms with Crippen molar-refractivity contribution < 1.29 is 9.53 Å². The van der Waals surface area contributed by atoms with Crippen molar-refractivity contribution in [2.45, 2.75) is 31.2 Å². The molecule has 3 aromatic rings. The monoisotopic (exact) mass is 412 g/mol. The van der Waals surface area contributed by atoms with E-state index >= 15 is 0 Å². The molecular weight excluding hydrogens is 388 g/mol. The van der Waals surface area contributed by atoms with Crippen LogP contribution < -0.4 is 5.32 Å². The maximum Gasteiger partial charge on any atom is 0.407 e. The number of carbonyl (C=O) groups is 1. The van der Waals surface area contributed by atoms with Crippen LogP contribution in [0.5, 0.6) is 0 Å². The number of rotatable bonds is 6. The lowest BCUT2D eigenvalue weighted by molar-refractivity contribution is 0.143. The van der Waals surface area contributed by atoms with Gasteiger partial charge in [-0.25, -0.2) is 9.48 Å². The fraction of sp³-hybridized carbons (Fsp3) is 0.320. The van der Waals surface area contributed by atoms with Gasteiger partial charge in [0.05, 0.1) is 11.7 Å². The Bertz CT molecular complexity index is 1090. The molecule has 5 rings (SSSR count). The zero-order valence-electron chi connectivity index (χ0n) is 17.2. The minimum atomic E-state index is -0.412. The highest BCUT2D eigenvalue weighted by molar-refractivity contribution is 5.79. The van der Waals surface area contributed by atoms with E-state index in [9.17, 15) is 4.79 Å². The quantitative estimate of drug-likeness (QED) is 0.623. The Labute approximate surface area is 181 Å². The van der Waals surface area contributed by atoms with Crippen LogP contribution in [0.4, 0.5) is 4.79 Å². The summed E-state index contributed by atoms with van der Waals surface area (Å²) in [5, 5.41) is 11.2. The molecule has 0 unspecified atom stereocenters. The summed E-state index contributed by atoms with van der Waals surface area (Å²) in [7, 11) is 0. The van der Waals surface area contributed by atoms with E-state index in [1.54, 1.807) is 0 Å². The van der Waals surface area contributed by atoms with Crippen molar-refractivity contribution in [2.75, 3.05) is 13.2 Å². The molecule has 31 heavy (non-hydrogen) atoms. The summed E-state index contributed by atoms with van der Waals surface area (Å²) < 4.78 is 7.45. The number of carbonyl (C=O) groups excluding carboxylic acids is 1. The molecule has 2 aliphatic carbocycles. The number of hydrogen-bond donors (Lipinski definition) is 1. The van der Waals surface area contributed by atoms with Crippen LogP contribution in [0.25, 0.3) is 11.1 Å². The highest BCUT2D eigenvalue weighted by Gasteiger charge is 2.30. The van der Waals surface area contributed by atoms with Crippen LogP contribution in [0.1, 0.15) is 41.6 Å². The van der Waals surface area contributed by atoms with Crippen LogP contribution in [0.3, 0.4) is 0 Å². The first-order chi connectivity index (χ1) is 15.2. The van der Waals surface area contributed by atoms with E-state index in [0.717, 1.165) is 18.5 Å². The molecule has 0 spiro atoms. The molecule has 2 aromatic carbocycles. The van der Waals surface area contributed by atoms with Gasteiger partial charge in [0.15, 0.2) is 0 Å². The minimum Gasteiger partial charge on any atom is -0.449 e. The van der Waals surface area contributed by atoms with Crippen LogP contribution in [0, 0.1) is 18.3 Å². The number of terminal acetylenes is 1. The second kappa shape index (κ2) is 8.27. The Morgan fingerprint density at radius 3 is 2.48 bits per heavy atom. The molecule has 0 bridgehead atoms. The first-order valence-electron chi connectivity index (χ1n) is 10.7. The van der Waals surface area contributed by atoms with E-state index in [2.05, 4.69) is 45.8 Å². The van der Waals surface area contributed by atoms with E-state index in [1.807, 2.05) is 35.1 Å². The Morgan fingerprint density at radius 1 is 1.13 bits per heavy atom. The van der Waals surface area contributed by atoms with Gasteiger partial charge < -0.3 is 10.1 Å². The van der Waals surface area contributed by atoms with Gasteiger partial charge in [0.1, 0.15) is 6.61 Å². The van der Waals surface area contributed by atoms with Gasteiger partial charge in [0, 0.05) is 31.0 Å². The molecule has 0 atom stereocenters. The largest absolute Gasteiger partial charge is 0.449 e. The van der Waals surface area contributed by atoms with Gasteiger partial charge >= 0.3 is 6.09 Å². The van der Waals surface area contributed by atoms with Crippen LogP contribution >= 0.6 is 0 Å². The third kappa shape index (κ3) is 3.79. The number of alkyl carbamates (subject to hydrolysis) is 1. The Morgan fingerprint density at radius 2 is 1.81 bits per heavy atom. The number of fused-ring (bicyclic) bond motifs is 3. The fourth-order valence-corrected chi connectivity index (χ4v) is 4.49. The molecule has 0 saturated heterocycles. The molecule has 1 saturated carbocycles. The number of nitrogens with zero attached hydrogens (tertiary/aromatic N) is 3. The minimum absolute atomic E-state index is 0.0624. The smallest absolute Gasteiger partial charge is 0.407 e. The maximum absolute atomic E-state index is 12.3. The van der Waals surface area contributed by atoms with E-state index in [1.165, 1.54) is 22.3 Å². The number of ether oxygens (including phenoxy) is 1. The van der Waals surface area contributed by atoms with Gasteiger partial charge in [-0.2, -0.15) is 0 Å². The van der Waals surface area contributed by atoms with Crippen molar-refractivity contribution in [1.29, 1.82) is 0 Å².